The number of imide groups is 2. The number of hydrogen-bond donors (Lipinski definition) is 1. The van der Waals surface area contributed by atoms with Gasteiger partial charge in [-0.05, 0) is 52.9 Å². The van der Waals surface area contributed by atoms with Crippen molar-refractivity contribution >= 4 is 63.7 Å². The molecule has 3 rings (SSSR count). The van der Waals surface area contributed by atoms with Crippen molar-refractivity contribution in [1.82, 2.24) is 5.32 Å². The van der Waals surface area contributed by atoms with Gasteiger partial charge in [-0.3, -0.25) is 30.0 Å². The fourth-order valence-electron chi connectivity index (χ4n) is 2.40. The van der Waals surface area contributed by atoms with Crippen molar-refractivity contribution in [2.75, 3.05) is 4.90 Å². The molecule has 2 aromatic rings. The lowest BCUT2D eigenvalue weighted by Crippen LogP contribution is -2.58. The van der Waals surface area contributed by atoms with E-state index in [9.17, 15) is 24.5 Å². The van der Waals surface area contributed by atoms with Crippen molar-refractivity contribution in [2.24, 2.45) is 10.9 Å². The Labute approximate surface area is 166 Å². The van der Waals surface area contributed by atoms with Crippen LogP contribution in [-0.4, -0.2) is 29.0 Å². The summed E-state index contributed by atoms with van der Waals surface area (Å²) < 4.78 is 0.918. The SMILES string of the molecule is O=C1NC(=O)N(c2ccc(I)cc2)C(=O)[C@@H]1C=Nc1cccc([N+](=O)[O-])c1. The summed E-state index contributed by atoms with van der Waals surface area (Å²) in [7, 11) is 0. The minimum absolute atomic E-state index is 0.167. The van der Waals surface area contributed by atoms with E-state index in [1.807, 2.05) is 0 Å². The molecule has 1 aliphatic rings. The molecule has 1 aliphatic heterocycles. The maximum atomic E-state index is 12.7. The van der Waals surface area contributed by atoms with E-state index in [0.29, 0.717) is 5.69 Å². The van der Waals surface area contributed by atoms with Gasteiger partial charge in [-0.2, -0.15) is 0 Å². The van der Waals surface area contributed by atoms with Crippen LogP contribution in [0.15, 0.2) is 53.5 Å². The van der Waals surface area contributed by atoms with Crippen molar-refractivity contribution in [2.45, 2.75) is 0 Å². The molecule has 1 atom stereocenters. The third-order valence-corrected chi connectivity index (χ3v) is 4.42. The van der Waals surface area contributed by atoms with E-state index in [1.54, 1.807) is 24.3 Å². The number of nitrogens with one attached hydrogen (secondary N) is 1. The van der Waals surface area contributed by atoms with Gasteiger partial charge in [-0.25, -0.2) is 9.69 Å². The first-order valence-electron chi connectivity index (χ1n) is 7.60. The highest BCUT2D eigenvalue weighted by Gasteiger charge is 2.40. The molecular weight excluding hydrogens is 467 g/mol. The van der Waals surface area contributed by atoms with Crippen LogP contribution in [0.2, 0.25) is 0 Å². The number of barbiturate groups is 1. The summed E-state index contributed by atoms with van der Waals surface area (Å²) in [6.45, 7) is 0. The number of benzene rings is 2. The number of carbonyl (C=O) groups excluding carboxylic acids is 3. The van der Waals surface area contributed by atoms with Crippen LogP contribution in [0.1, 0.15) is 0 Å². The van der Waals surface area contributed by atoms with Gasteiger partial charge >= 0.3 is 6.03 Å². The summed E-state index contributed by atoms with van der Waals surface area (Å²) in [6, 6.07) is 11.2. The number of rotatable bonds is 4. The number of urea groups is 1. The largest absolute Gasteiger partial charge is 0.335 e. The monoisotopic (exact) mass is 478 g/mol. The molecule has 1 saturated heterocycles. The smallest absolute Gasteiger partial charge is 0.276 e. The molecule has 1 fully saturated rings. The predicted octanol–water partition coefficient (Wildman–Crippen LogP) is 2.80. The molecule has 0 saturated carbocycles. The molecule has 1 heterocycles. The topological polar surface area (TPSA) is 122 Å². The number of nitrogens with zero attached hydrogens (tertiary/aromatic N) is 3. The molecule has 10 heteroatoms. The first kappa shape index (κ1) is 18.6. The van der Waals surface area contributed by atoms with Gasteiger partial charge in [0.25, 0.3) is 11.6 Å². The van der Waals surface area contributed by atoms with Crippen molar-refractivity contribution in [3.63, 3.8) is 0 Å². The van der Waals surface area contributed by atoms with Gasteiger partial charge in [0.2, 0.25) is 5.91 Å². The minimum atomic E-state index is -1.33. The van der Waals surface area contributed by atoms with Gasteiger partial charge in [0.15, 0.2) is 5.92 Å². The van der Waals surface area contributed by atoms with Crippen LogP contribution in [0, 0.1) is 19.6 Å². The fourth-order valence-corrected chi connectivity index (χ4v) is 2.76. The highest BCUT2D eigenvalue weighted by atomic mass is 127. The number of aliphatic imine (C=N–C) groups is 1. The average molecular weight is 478 g/mol. The number of non-ortho nitro benzene ring substituents is 1. The number of halogens is 1. The van der Waals surface area contributed by atoms with E-state index in [2.05, 4.69) is 32.9 Å². The second-order valence-electron chi connectivity index (χ2n) is 5.48. The molecule has 136 valence electrons. The molecule has 0 unspecified atom stereocenters. The summed E-state index contributed by atoms with van der Waals surface area (Å²) in [5.74, 6) is -2.89. The maximum absolute atomic E-state index is 12.7. The standard InChI is InChI=1S/C17H11IN4O5/c18-10-4-6-12(7-5-10)21-16(24)14(15(23)20-17(21)25)9-19-11-2-1-3-13(8-11)22(26)27/h1-9,14H,(H,20,23,25)/t14-/m1/s1. The number of amides is 4. The van der Waals surface area contributed by atoms with E-state index in [0.717, 1.165) is 14.7 Å². The van der Waals surface area contributed by atoms with Crippen LogP contribution in [0.4, 0.5) is 21.9 Å². The lowest BCUT2D eigenvalue weighted by molar-refractivity contribution is -0.384. The molecule has 2 aromatic carbocycles. The molecule has 0 radical (unpaired) electrons. The van der Waals surface area contributed by atoms with Gasteiger partial charge in [0, 0.05) is 21.9 Å². The van der Waals surface area contributed by atoms with Crippen LogP contribution < -0.4 is 10.2 Å². The lowest BCUT2D eigenvalue weighted by atomic mass is 10.1. The second kappa shape index (κ2) is 7.61. The Morgan fingerprint density at radius 1 is 1.15 bits per heavy atom. The molecule has 9 nitrogen and oxygen atoms in total. The first-order valence-corrected chi connectivity index (χ1v) is 8.67. The maximum Gasteiger partial charge on any atom is 0.335 e. The van der Waals surface area contributed by atoms with Crippen molar-refractivity contribution in [3.8, 4) is 0 Å². The summed E-state index contributed by atoms with van der Waals surface area (Å²) in [5, 5.41) is 12.9. The molecule has 0 aromatic heterocycles. The summed E-state index contributed by atoms with van der Waals surface area (Å²) in [6.07, 6.45) is 1.07. The van der Waals surface area contributed by atoms with Crippen molar-refractivity contribution in [3.05, 3.63) is 62.2 Å². The number of carbonyl (C=O) groups is 3. The van der Waals surface area contributed by atoms with E-state index in [-0.39, 0.29) is 11.4 Å². The number of hydrogen-bond acceptors (Lipinski definition) is 6. The minimum Gasteiger partial charge on any atom is -0.276 e. The zero-order valence-electron chi connectivity index (χ0n) is 13.5. The van der Waals surface area contributed by atoms with Gasteiger partial charge in [0.05, 0.1) is 16.3 Å². The Kier molecular flexibility index (Phi) is 5.26. The quantitative estimate of drug-likeness (QED) is 0.238. The van der Waals surface area contributed by atoms with Crippen LogP contribution in [0.3, 0.4) is 0 Å². The van der Waals surface area contributed by atoms with Crippen LogP contribution in [0.25, 0.3) is 0 Å². The van der Waals surface area contributed by atoms with Gasteiger partial charge in [0.1, 0.15) is 0 Å². The molecule has 4 amide bonds. The Balaban J connectivity index is 1.88. The molecule has 27 heavy (non-hydrogen) atoms. The normalized spacial score (nSPS) is 17.3. The third-order valence-electron chi connectivity index (χ3n) is 3.70. The zero-order valence-corrected chi connectivity index (χ0v) is 15.7. The van der Waals surface area contributed by atoms with Crippen LogP contribution in [-0.2, 0) is 9.59 Å². The van der Waals surface area contributed by atoms with Gasteiger partial charge in [-0.1, -0.05) is 6.07 Å². The number of nitro benzene ring substituents is 1. The first-order chi connectivity index (χ1) is 12.9. The van der Waals surface area contributed by atoms with E-state index in [4.69, 9.17) is 0 Å². The van der Waals surface area contributed by atoms with Gasteiger partial charge in [-0.15, -0.1) is 0 Å². The van der Waals surface area contributed by atoms with Gasteiger partial charge < -0.3 is 0 Å². The lowest BCUT2D eigenvalue weighted by Gasteiger charge is -2.28. The van der Waals surface area contributed by atoms with E-state index >= 15 is 0 Å². The van der Waals surface area contributed by atoms with Crippen LogP contribution in [0.5, 0.6) is 0 Å². The predicted molar refractivity (Wildman–Crippen MR) is 105 cm³/mol. The highest BCUT2D eigenvalue weighted by molar-refractivity contribution is 14.1. The Morgan fingerprint density at radius 2 is 1.85 bits per heavy atom. The van der Waals surface area contributed by atoms with E-state index < -0.39 is 28.7 Å². The highest BCUT2D eigenvalue weighted by Crippen LogP contribution is 2.23. The third kappa shape index (κ3) is 4.00. The molecule has 0 spiro atoms. The Bertz CT molecular complexity index is 974. The molecule has 1 N–H and O–H groups in total. The van der Waals surface area contributed by atoms with Crippen molar-refractivity contribution in [1.29, 1.82) is 0 Å². The van der Waals surface area contributed by atoms with Crippen LogP contribution >= 0.6 is 22.6 Å². The number of nitro groups is 1. The molecule has 0 aliphatic carbocycles. The summed E-state index contributed by atoms with van der Waals surface area (Å²) in [5.41, 5.74) is 0.362. The Hall–Kier alpha value is -3.15. The summed E-state index contributed by atoms with van der Waals surface area (Å²) >= 11 is 2.08. The average Bonchev–Trinajstić information content (AvgIpc) is 2.63. The van der Waals surface area contributed by atoms with E-state index in [1.165, 1.54) is 24.3 Å². The summed E-state index contributed by atoms with van der Waals surface area (Å²) in [4.78, 5) is 51.9. The van der Waals surface area contributed by atoms with Crippen molar-refractivity contribution < 1.29 is 19.3 Å². The number of anilines is 1. The molecular formula is C17H11IN4O5. The molecule has 0 bridgehead atoms. The Morgan fingerprint density at radius 3 is 2.52 bits per heavy atom. The second-order valence-corrected chi connectivity index (χ2v) is 6.72. The fraction of sp³-hybridized carbons (Fsp3) is 0.0588. The zero-order chi connectivity index (χ0) is 19.6.